The molecule has 0 radical (unpaired) electrons. The summed E-state index contributed by atoms with van der Waals surface area (Å²) in [6, 6.07) is 5.16. The summed E-state index contributed by atoms with van der Waals surface area (Å²) in [4.78, 5) is 14.3. The van der Waals surface area contributed by atoms with Crippen molar-refractivity contribution in [1.82, 2.24) is 4.90 Å². The van der Waals surface area contributed by atoms with Crippen molar-refractivity contribution in [3.05, 3.63) is 33.3 Å². The van der Waals surface area contributed by atoms with Crippen LogP contribution in [-0.4, -0.2) is 38.6 Å². The molecule has 0 saturated carbocycles. The summed E-state index contributed by atoms with van der Waals surface area (Å²) in [5.74, 6) is 0.454. The van der Waals surface area contributed by atoms with Crippen LogP contribution in [0.1, 0.15) is 24.2 Å². The van der Waals surface area contributed by atoms with Gasteiger partial charge in [0.2, 0.25) is 0 Å². The lowest BCUT2D eigenvalue weighted by Crippen LogP contribution is -2.52. The van der Waals surface area contributed by atoms with E-state index in [0.29, 0.717) is 29.4 Å². The van der Waals surface area contributed by atoms with E-state index in [9.17, 15) is 9.00 Å². The molecule has 1 aliphatic heterocycles. The maximum Gasteiger partial charge on any atom is 0.255 e. The Morgan fingerprint density at radius 2 is 2.16 bits per heavy atom. The van der Waals surface area contributed by atoms with Crippen molar-refractivity contribution >= 4 is 44.2 Å². The maximum atomic E-state index is 12.5. The SMILES string of the molecule is CC1(C)CN(C(=O)c2cc(Cl)ccc2Br)CC[S@]1=O. The van der Waals surface area contributed by atoms with Gasteiger partial charge in [0.1, 0.15) is 0 Å². The van der Waals surface area contributed by atoms with Gasteiger partial charge in [0, 0.05) is 39.1 Å². The summed E-state index contributed by atoms with van der Waals surface area (Å²) in [6.07, 6.45) is 0. The molecule has 1 fully saturated rings. The minimum Gasteiger partial charge on any atom is -0.336 e. The van der Waals surface area contributed by atoms with Crippen molar-refractivity contribution in [1.29, 1.82) is 0 Å². The number of hydrogen-bond acceptors (Lipinski definition) is 2. The normalized spacial score (nSPS) is 22.3. The van der Waals surface area contributed by atoms with Crippen molar-refractivity contribution < 1.29 is 9.00 Å². The third kappa shape index (κ3) is 3.20. The quantitative estimate of drug-likeness (QED) is 0.768. The topological polar surface area (TPSA) is 37.4 Å². The van der Waals surface area contributed by atoms with E-state index in [1.807, 2.05) is 13.8 Å². The van der Waals surface area contributed by atoms with E-state index in [1.165, 1.54) is 0 Å². The van der Waals surface area contributed by atoms with Crippen molar-refractivity contribution in [3.8, 4) is 0 Å². The number of halogens is 2. The van der Waals surface area contributed by atoms with Crippen LogP contribution in [-0.2, 0) is 10.8 Å². The van der Waals surface area contributed by atoms with E-state index in [4.69, 9.17) is 11.6 Å². The number of carbonyl (C=O) groups is 1. The van der Waals surface area contributed by atoms with Gasteiger partial charge in [0.25, 0.3) is 5.91 Å². The Balaban J connectivity index is 2.25. The lowest BCUT2D eigenvalue weighted by molar-refractivity contribution is 0.0745. The smallest absolute Gasteiger partial charge is 0.255 e. The van der Waals surface area contributed by atoms with Gasteiger partial charge in [-0.25, -0.2) is 0 Å². The molecule has 1 aromatic rings. The van der Waals surface area contributed by atoms with Gasteiger partial charge in [-0.05, 0) is 48.0 Å². The minimum atomic E-state index is -0.886. The highest BCUT2D eigenvalue weighted by atomic mass is 79.9. The van der Waals surface area contributed by atoms with E-state index in [-0.39, 0.29) is 10.7 Å². The Morgan fingerprint density at radius 3 is 2.79 bits per heavy atom. The Labute approximate surface area is 128 Å². The van der Waals surface area contributed by atoms with Gasteiger partial charge in [0.15, 0.2) is 0 Å². The third-order valence-electron chi connectivity index (χ3n) is 3.18. The Bertz CT molecular complexity index is 547. The predicted octanol–water partition coefficient (Wildman–Crippen LogP) is 3.09. The molecule has 0 aromatic heterocycles. The van der Waals surface area contributed by atoms with Crippen molar-refractivity contribution in [3.63, 3.8) is 0 Å². The Hall–Kier alpha value is -0.390. The highest BCUT2D eigenvalue weighted by Gasteiger charge is 2.35. The van der Waals surface area contributed by atoms with Crippen LogP contribution in [0, 0.1) is 0 Å². The van der Waals surface area contributed by atoms with Gasteiger partial charge >= 0.3 is 0 Å². The molecule has 3 nitrogen and oxygen atoms in total. The maximum absolute atomic E-state index is 12.5. The summed E-state index contributed by atoms with van der Waals surface area (Å²) < 4.78 is 12.3. The van der Waals surface area contributed by atoms with E-state index in [1.54, 1.807) is 23.1 Å². The highest BCUT2D eigenvalue weighted by Crippen LogP contribution is 2.26. The Morgan fingerprint density at radius 1 is 1.47 bits per heavy atom. The summed E-state index contributed by atoms with van der Waals surface area (Å²) in [5.41, 5.74) is 0.552. The van der Waals surface area contributed by atoms with Crippen LogP contribution in [0.4, 0.5) is 0 Å². The molecule has 0 unspecified atom stereocenters. The third-order valence-corrected chi connectivity index (χ3v) is 6.02. The van der Waals surface area contributed by atoms with E-state index < -0.39 is 10.8 Å². The van der Waals surface area contributed by atoms with Crippen LogP contribution in [0.25, 0.3) is 0 Å². The molecular weight excluding hydrogens is 350 g/mol. The van der Waals surface area contributed by atoms with Gasteiger partial charge in [-0.2, -0.15) is 0 Å². The van der Waals surface area contributed by atoms with Gasteiger partial charge in [-0.3, -0.25) is 9.00 Å². The second kappa shape index (κ2) is 5.54. The standard InChI is InChI=1S/C13H15BrClNO2S/c1-13(2)8-16(5-6-19(13)18)12(17)10-7-9(15)3-4-11(10)14/h3-4,7H,5-6,8H2,1-2H3/t19-/m1/s1. The van der Waals surface area contributed by atoms with E-state index in [2.05, 4.69) is 15.9 Å². The zero-order valence-electron chi connectivity index (χ0n) is 10.8. The predicted molar refractivity (Wildman–Crippen MR) is 82.1 cm³/mol. The molecule has 19 heavy (non-hydrogen) atoms. The molecule has 0 spiro atoms. The average Bonchev–Trinajstić information content (AvgIpc) is 2.35. The van der Waals surface area contributed by atoms with Crippen LogP contribution < -0.4 is 0 Å². The van der Waals surface area contributed by atoms with Gasteiger partial charge < -0.3 is 4.90 Å². The van der Waals surface area contributed by atoms with Crippen molar-refractivity contribution in [2.75, 3.05) is 18.8 Å². The molecule has 0 bridgehead atoms. The molecule has 1 heterocycles. The van der Waals surface area contributed by atoms with Crippen molar-refractivity contribution in [2.24, 2.45) is 0 Å². The largest absolute Gasteiger partial charge is 0.336 e. The minimum absolute atomic E-state index is 0.0702. The molecule has 6 heteroatoms. The monoisotopic (exact) mass is 363 g/mol. The molecule has 1 amide bonds. The number of benzene rings is 1. The second-order valence-corrected chi connectivity index (χ2v) is 8.66. The summed E-state index contributed by atoms with van der Waals surface area (Å²) in [7, 11) is -0.886. The molecule has 1 aliphatic rings. The van der Waals surface area contributed by atoms with Crippen molar-refractivity contribution in [2.45, 2.75) is 18.6 Å². The van der Waals surface area contributed by atoms with E-state index in [0.717, 1.165) is 4.47 Å². The van der Waals surface area contributed by atoms with Crippen LogP contribution in [0.2, 0.25) is 5.02 Å². The molecule has 1 atom stereocenters. The molecule has 0 aliphatic carbocycles. The average molecular weight is 365 g/mol. The van der Waals surface area contributed by atoms with Crippen LogP contribution in [0.5, 0.6) is 0 Å². The van der Waals surface area contributed by atoms with Gasteiger partial charge in [0.05, 0.1) is 10.3 Å². The lowest BCUT2D eigenvalue weighted by Gasteiger charge is -2.37. The molecule has 2 rings (SSSR count). The number of rotatable bonds is 1. The zero-order chi connectivity index (χ0) is 14.2. The lowest BCUT2D eigenvalue weighted by atomic mass is 10.1. The summed E-state index contributed by atoms with van der Waals surface area (Å²) in [5, 5.41) is 0.534. The summed E-state index contributed by atoms with van der Waals surface area (Å²) >= 11 is 9.31. The molecule has 1 saturated heterocycles. The fourth-order valence-electron chi connectivity index (χ4n) is 2.09. The Kier molecular flexibility index (Phi) is 4.38. The molecule has 1 aromatic carbocycles. The molecular formula is C13H15BrClNO2S. The van der Waals surface area contributed by atoms with Gasteiger partial charge in [-0.15, -0.1) is 0 Å². The fraction of sp³-hybridized carbons (Fsp3) is 0.462. The zero-order valence-corrected chi connectivity index (χ0v) is 13.9. The first-order valence-corrected chi connectivity index (χ1v) is 8.43. The number of amides is 1. The molecule has 0 N–H and O–H groups in total. The number of hydrogen-bond donors (Lipinski definition) is 0. The first-order chi connectivity index (χ1) is 8.81. The number of carbonyl (C=O) groups excluding carboxylic acids is 1. The van der Waals surface area contributed by atoms with E-state index >= 15 is 0 Å². The first kappa shape index (κ1) is 15.0. The van der Waals surface area contributed by atoms with Crippen LogP contribution >= 0.6 is 27.5 Å². The van der Waals surface area contributed by atoms with Crippen LogP contribution in [0.3, 0.4) is 0 Å². The number of nitrogens with zero attached hydrogens (tertiary/aromatic N) is 1. The molecule has 104 valence electrons. The van der Waals surface area contributed by atoms with Crippen LogP contribution in [0.15, 0.2) is 22.7 Å². The first-order valence-electron chi connectivity index (χ1n) is 5.94. The summed E-state index contributed by atoms with van der Waals surface area (Å²) in [6.45, 7) is 4.87. The fourth-order valence-corrected chi connectivity index (χ4v) is 3.91. The van der Waals surface area contributed by atoms with Gasteiger partial charge in [-0.1, -0.05) is 11.6 Å². The second-order valence-electron chi connectivity index (χ2n) is 5.16. The highest BCUT2D eigenvalue weighted by molar-refractivity contribution is 9.10.